The zero-order valence-electron chi connectivity index (χ0n) is 8.08. The Morgan fingerprint density at radius 3 is 2.62 bits per heavy atom. The van der Waals surface area contributed by atoms with Crippen LogP contribution < -0.4 is 0 Å². The Morgan fingerprint density at radius 1 is 1.25 bits per heavy atom. The third kappa shape index (κ3) is 1.58. The first-order valence-electron chi connectivity index (χ1n) is 4.50. The Morgan fingerprint density at radius 2 is 2.00 bits per heavy atom. The van der Waals surface area contributed by atoms with Crippen LogP contribution in [-0.2, 0) is 0 Å². The van der Waals surface area contributed by atoms with E-state index >= 15 is 0 Å². The van der Waals surface area contributed by atoms with Gasteiger partial charge in [-0.1, -0.05) is 18.2 Å². The van der Waals surface area contributed by atoms with Crippen molar-refractivity contribution >= 4 is 22.4 Å². The first kappa shape index (κ1) is 10.1. The monoisotopic (exact) mass is 217 g/mol. The lowest BCUT2D eigenvalue weighted by Crippen LogP contribution is -1.96. The summed E-state index contributed by atoms with van der Waals surface area (Å²) in [4.78, 5) is 21.0. The van der Waals surface area contributed by atoms with Crippen molar-refractivity contribution in [2.45, 2.75) is 0 Å². The van der Waals surface area contributed by atoms with Crippen molar-refractivity contribution < 1.29 is 14.8 Å². The van der Waals surface area contributed by atoms with E-state index < -0.39 is 10.9 Å². The van der Waals surface area contributed by atoms with E-state index in [1.165, 1.54) is 18.2 Å². The van der Waals surface area contributed by atoms with Gasteiger partial charge in [-0.2, -0.15) is 0 Å². The molecule has 0 aliphatic rings. The predicted molar refractivity (Wildman–Crippen MR) is 57.6 cm³/mol. The van der Waals surface area contributed by atoms with E-state index in [0.29, 0.717) is 10.8 Å². The number of nitro benzene ring substituents is 1. The molecule has 0 fully saturated rings. The normalized spacial score (nSPS) is 10.2. The molecule has 0 aliphatic carbocycles. The van der Waals surface area contributed by atoms with E-state index in [1.54, 1.807) is 18.2 Å². The highest BCUT2D eigenvalue weighted by Gasteiger charge is 2.13. The van der Waals surface area contributed by atoms with Crippen molar-refractivity contribution in [3.63, 3.8) is 0 Å². The van der Waals surface area contributed by atoms with Gasteiger partial charge >= 0.3 is 5.97 Å². The van der Waals surface area contributed by atoms with E-state index in [-0.39, 0.29) is 11.3 Å². The molecule has 0 unspecified atom stereocenters. The molecule has 0 amide bonds. The molecule has 2 aromatic rings. The highest BCUT2D eigenvalue weighted by molar-refractivity contribution is 5.97. The summed E-state index contributed by atoms with van der Waals surface area (Å²) >= 11 is 0. The molecular weight excluding hydrogens is 210 g/mol. The topological polar surface area (TPSA) is 80.4 Å². The zero-order chi connectivity index (χ0) is 11.7. The van der Waals surface area contributed by atoms with E-state index in [4.69, 9.17) is 5.11 Å². The standard InChI is InChI=1S/C11H7NO4/c13-11(14)8-5-4-7-2-1-3-10(12(15)16)9(7)6-8/h1-6H,(H,13,14). The van der Waals surface area contributed by atoms with Gasteiger partial charge in [0.15, 0.2) is 0 Å². The maximum absolute atomic E-state index is 10.8. The van der Waals surface area contributed by atoms with E-state index in [2.05, 4.69) is 0 Å². The van der Waals surface area contributed by atoms with Gasteiger partial charge in [0.05, 0.1) is 15.9 Å². The second-order valence-corrected chi connectivity index (χ2v) is 3.28. The van der Waals surface area contributed by atoms with Crippen molar-refractivity contribution in [3.8, 4) is 0 Å². The van der Waals surface area contributed by atoms with Gasteiger partial charge in [-0.15, -0.1) is 0 Å². The summed E-state index contributed by atoms with van der Waals surface area (Å²) in [5.74, 6) is -1.10. The number of hydrogen-bond donors (Lipinski definition) is 1. The van der Waals surface area contributed by atoms with Crippen LogP contribution in [0.4, 0.5) is 5.69 Å². The number of carboxylic acid groups (broad SMARTS) is 1. The van der Waals surface area contributed by atoms with Crippen molar-refractivity contribution in [1.29, 1.82) is 0 Å². The van der Waals surface area contributed by atoms with E-state index in [1.807, 2.05) is 0 Å². The second kappa shape index (κ2) is 3.62. The van der Waals surface area contributed by atoms with Crippen LogP contribution in [0.1, 0.15) is 10.4 Å². The van der Waals surface area contributed by atoms with Gasteiger partial charge in [-0.3, -0.25) is 10.1 Å². The number of aromatic carboxylic acids is 1. The van der Waals surface area contributed by atoms with Crippen molar-refractivity contribution in [2.75, 3.05) is 0 Å². The average Bonchev–Trinajstić information content (AvgIpc) is 2.27. The number of carbonyl (C=O) groups is 1. The largest absolute Gasteiger partial charge is 0.478 e. The smallest absolute Gasteiger partial charge is 0.335 e. The summed E-state index contributed by atoms with van der Waals surface area (Å²) in [6.45, 7) is 0. The molecule has 0 aromatic heterocycles. The third-order valence-corrected chi connectivity index (χ3v) is 2.30. The Labute approximate surface area is 90.1 Å². The van der Waals surface area contributed by atoms with Crippen LogP contribution in [0.3, 0.4) is 0 Å². The van der Waals surface area contributed by atoms with Crippen LogP contribution in [0.2, 0.25) is 0 Å². The Bertz CT molecular complexity index is 592. The van der Waals surface area contributed by atoms with Gasteiger partial charge in [-0.25, -0.2) is 4.79 Å². The molecule has 0 bridgehead atoms. The van der Waals surface area contributed by atoms with Crippen LogP contribution in [0.15, 0.2) is 36.4 Å². The van der Waals surface area contributed by atoms with Gasteiger partial charge in [0.1, 0.15) is 0 Å². The minimum Gasteiger partial charge on any atom is -0.478 e. The van der Waals surface area contributed by atoms with Crippen molar-refractivity contribution in [3.05, 3.63) is 52.1 Å². The molecule has 0 atom stereocenters. The van der Waals surface area contributed by atoms with Gasteiger partial charge in [0.2, 0.25) is 0 Å². The SMILES string of the molecule is O=C(O)c1ccc2cccc([N+](=O)[O-])c2c1. The van der Waals surface area contributed by atoms with Gasteiger partial charge in [-0.05, 0) is 17.5 Å². The first-order valence-corrected chi connectivity index (χ1v) is 4.50. The summed E-state index contributed by atoms with van der Waals surface area (Å²) in [7, 11) is 0. The fourth-order valence-corrected chi connectivity index (χ4v) is 1.55. The van der Waals surface area contributed by atoms with Crippen molar-refractivity contribution in [1.82, 2.24) is 0 Å². The van der Waals surface area contributed by atoms with E-state index in [9.17, 15) is 14.9 Å². The van der Waals surface area contributed by atoms with Gasteiger partial charge in [0, 0.05) is 6.07 Å². The molecule has 1 N–H and O–H groups in total. The maximum Gasteiger partial charge on any atom is 0.335 e. The van der Waals surface area contributed by atoms with Crippen LogP contribution in [-0.4, -0.2) is 16.0 Å². The van der Waals surface area contributed by atoms with Crippen LogP contribution >= 0.6 is 0 Å². The molecule has 5 nitrogen and oxygen atoms in total. The maximum atomic E-state index is 10.8. The van der Waals surface area contributed by atoms with Crippen molar-refractivity contribution in [2.24, 2.45) is 0 Å². The lowest BCUT2D eigenvalue weighted by atomic mass is 10.1. The molecule has 0 spiro atoms. The van der Waals surface area contributed by atoms with Crippen LogP contribution in [0.25, 0.3) is 10.8 Å². The number of benzene rings is 2. The second-order valence-electron chi connectivity index (χ2n) is 3.28. The molecule has 5 heteroatoms. The molecule has 80 valence electrons. The van der Waals surface area contributed by atoms with Gasteiger partial charge in [0.25, 0.3) is 5.69 Å². The summed E-state index contributed by atoms with van der Waals surface area (Å²) in [5.41, 5.74) is -0.0394. The van der Waals surface area contributed by atoms with E-state index in [0.717, 1.165) is 0 Å². The number of rotatable bonds is 2. The fraction of sp³-hybridized carbons (Fsp3) is 0. The van der Waals surface area contributed by atoms with Gasteiger partial charge < -0.3 is 5.11 Å². The number of non-ortho nitro benzene ring substituents is 1. The summed E-state index contributed by atoms with van der Waals surface area (Å²) < 4.78 is 0. The lowest BCUT2D eigenvalue weighted by molar-refractivity contribution is -0.383. The third-order valence-electron chi connectivity index (χ3n) is 2.30. The number of nitrogens with zero attached hydrogens (tertiary/aromatic N) is 1. The minimum atomic E-state index is -1.10. The summed E-state index contributed by atoms with van der Waals surface area (Å²) in [6.07, 6.45) is 0. The first-order chi connectivity index (χ1) is 7.59. The Kier molecular flexibility index (Phi) is 2.28. The summed E-state index contributed by atoms with van der Waals surface area (Å²) in [5, 5.41) is 20.6. The molecular formula is C11H7NO4. The molecule has 0 heterocycles. The number of fused-ring (bicyclic) bond motifs is 1. The predicted octanol–water partition coefficient (Wildman–Crippen LogP) is 2.45. The zero-order valence-corrected chi connectivity index (χ0v) is 8.08. The number of nitro groups is 1. The molecule has 0 radical (unpaired) electrons. The molecule has 0 saturated carbocycles. The minimum absolute atomic E-state index is 0.0433. The average molecular weight is 217 g/mol. The molecule has 2 aromatic carbocycles. The fourth-order valence-electron chi connectivity index (χ4n) is 1.55. The summed E-state index contributed by atoms with van der Waals surface area (Å²) in [6, 6.07) is 8.93. The lowest BCUT2D eigenvalue weighted by Gasteiger charge is -2.00. The Balaban J connectivity index is 2.78. The highest BCUT2D eigenvalue weighted by atomic mass is 16.6. The Hall–Kier alpha value is -2.43. The quantitative estimate of drug-likeness (QED) is 0.618. The molecule has 0 aliphatic heterocycles. The van der Waals surface area contributed by atoms with Crippen LogP contribution in [0, 0.1) is 10.1 Å². The molecule has 0 saturated heterocycles. The molecule has 2 rings (SSSR count). The number of hydrogen-bond acceptors (Lipinski definition) is 3. The highest BCUT2D eigenvalue weighted by Crippen LogP contribution is 2.26. The molecule has 16 heavy (non-hydrogen) atoms. The van der Waals surface area contributed by atoms with Crippen LogP contribution in [0.5, 0.6) is 0 Å². The number of carboxylic acids is 1.